The van der Waals surface area contributed by atoms with E-state index in [2.05, 4.69) is 64.9 Å². The van der Waals surface area contributed by atoms with E-state index < -0.39 is 201 Å². The Morgan fingerprint density at radius 2 is 1.32 bits per heavy atom. The minimum absolute atomic E-state index is 0.0549. The van der Waals surface area contributed by atoms with E-state index in [-0.39, 0.29) is 24.2 Å². The number of phenols is 1. The summed E-state index contributed by atoms with van der Waals surface area (Å²) in [6.07, 6.45) is -0.915. The molecule has 6 fully saturated rings. The Bertz CT molecular complexity index is 3250. The lowest BCUT2D eigenvalue weighted by molar-refractivity contribution is -0.147. The minimum Gasteiger partial charge on any atom is -0.504 e. The van der Waals surface area contributed by atoms with E-state index in [1.807, 2.05) is 12.1 Å². The molecule has 548 valence electrons. The number of hydrogen-bond donors (Lipinski definition) is 18. The number of nitrogens with zero attached hydrogens (tertiary/aromatic N) is 4. The van der Waals surface area contributed by atoms with Gasteiger partial charge in [-0.05, 0) is 123 Å². The van der Waals surface area contributed by atoms with Gasteiger partial charge in [-0.15, -0.1) is 0 Å². The fourth-order valence-electron chi connectivity index (χ4n) is 15.0. The molecule has 2 aliphatic carbocycles. The first-order chi connectivity index (χ1) is 47.0. The highest BCUT2D eigenvalue weighted by Crippen LogP contribution is 2.49. The molecule has 31 heteroatoms. The van der Waals surface area contributed by atoms with Crippen molar-refractivity contribution in [3.63, 3.8) is 0 Å². The van der Waals surface area contributed by atoms with E-state index in [0.717, 1.165) is 77.8 Å². The van der Waals surface area contributed by atoms with Gasteiger partial charge in [-0.2, -0.15) is 0 Å². The van der Waals surface area contributed by atoms with Crippen LogP contribution in [0.5, 0.6) is 11.5 Å². The molecule has 0 radical (unpaired) electrons. The molecule has 0 aromatic heterocycles. The van der Waals surface area contributed by atoms with Crippen molar-refractivity contribution >= 4 is 58.2 Å². The van der Waals surface area contributed by atoms with Gasteiger partial charge in [0.1, 0.15) is 36.3 Å². The highest BCUT2D eigenvalue weighted by atomic mass is 32.3. The van der Waals surface area contributed by atoms with E-state index in [1.165, 1.54) is 82.9 Å². The maximum absolute atomic E-state index is 15.0. The molecule has 0 bridgehead atoms. The van der Waals surface area contributed by atoms with Gasteiger partial charge in [-0.25, -0.2) is 0 Å². The number of carbonyl (C=O) groups excluding carboxylic acids is 7. The zero-order valence-corrected chi connectivity index (χ0v) is 57.0. The van der Waals surface area contributed by atoms with E-state index in [0.29, 0.717) is 11.5 Å². The summed E-state index contributed by atoms with van der Waals surface area (Å²) in [4.78, 5) is 109. The monoisotopic (exact) mass is 1410 g/mol. The molecule has 30 nitrogen and oxygen atoms in total. The number of hydrogen-bond acceptors (Lipinski definition) is 23. The quantitative estimate of drug-likeness (QED) is 0.0720. The Labute approximate surface area is 577 Å². The summed E-state index contributed by atoms with van der Waals surface area (Å²) < 4.78 is 33.4. The third kappa shape index (κ3) is 19.2. The average molecular weight is 1410 g/mol. The number of amides is 7. The largest absolute Gasteiger partial charge is 0.504 e. The molecule has 3 aromatic carbocycles. The van der Waals surface area contributed by atoms with Crippen molar-refractivity contribution in [2.45, 2.75) is 189 Å². The van der Waals surface area contributed by atoms with Crippen molar-refractivity contribution in [3.05, 3.63) is 77.9 Å². The number of aromatic hydroxyl groups is 1. The first-order valence-corrected chi connectivity index (χ1v) is 35.8. The SMILES string of the molecule is C[C@@H](O)[C@@H]1NC(=O)C(NC(=O)c2ccc(-c3ccc(N4CCN(C5CCC(C)(C6CCCCC6)CC5)CC4)cc3)cc2)C[C@@H](O)CNC(=O)[C@@H]2[C@@H](O)[C@@H](C)CN2C(=O)[C@H]([C@H](O)CCNC(CO)CO)NC(=O)[C@H]([C@H](O)Cc2ccc(O)c(OS(O)(O)O)c2)NC(=O)[C@@H]2C[C@@H](O)CN2C1=O. The van der Waals surface area contributed by atoms with Gasteiger partial charge in [0.25, 0.3) is 17.1 Å². The van der Waals surface area contributed by atoms with Crippen LogP contribution in [0.25, 0.3) is 11.1 Å². The molecule has 99 heavy (non-hydrogen) atoms. The summed E-state index contributed by atoms with van der Waals surface area (Å²) in [7, 11) is 0. The normalized spacial score (nSPS) is 29.7. The molecular formula is C68H100N10O20S. The van der Waals surface area contributed by atoms with Crippen LogP contribution in [0.3, 0.4) is 0 Å². The second-order valence-electron chi connectivity index (χ2n) is 28.0. The van der Waals surface area contributed by atoms with Crippen LogP contribution in [0, 0.1) is 17.3 Å². The van der Waals surface area contributed by atoms with Crippen LogP contribution >= 0.6 is 11.2 Å². The minimum atomic E-state index is -4.74. The Kier molecular flexibility index (Phi) is 26.0. The first-order valence-electron chi connectivity index (χ1n) is 34.4. The topological polar surface area (TPSA) is 457 Å². The van der Waals surface area contributed by atoms with Crippen molar-refractivity contribution in [1.82, 2.24) is 46.6 Å². The molecule has 9 rings (SSSR count). The number of β-amino-alcohol motifs (C(OH)–C–C–N with tert-alkyl or cyclic N) is 1. The molecule has 18 N–H and O–H groups in total. The zero-order chi connectivity index (χ0) is 71.6. The summed E-state index contributed by atoms with van der Waals surface area (Å²) in [5, 5.41) is 114. The smallest absolute Gasteiger partial charge is 0.266 e. The number of benzene rings is 3. The second kappa shape index (κ2) is 33.8. The fourth-order valence-corrected chi connectivity index (χ4v) is 15.4. The van der Waals surface area contributed by atoms with Gasteiger partial charge >= 0.3 is 0 Å². The fraction of sp³-hybridized carbons (Fsp3) is 0.632. The standard InChI is InChI=1S/C68H100N10O20S/c1-38-34-78-59(60(38)87)65(92)70-33-48(82)31-50(71-61(88)43-12-10-41(11-13-43)42-14-16-46(17-15-42)75-25-27-76(28-26-75)47-19-22-68(3,23-20-47)44-7-5-4-6-8-44)62(89)72-56(39(2)81)66(93)77-35-49(83)32-51(77)63(90)73-57(54(86)29-40-9-18-52(84)55(30-40)98-99(95,96)97)64(91)74-58(67(78)94)53(85)21-24-69-45(36-79)37-80/h9-18,30,38-39,44-45,47-51,53-54,56-60,69,79-87,95-97H,4-8,19-29,31-37H2,1-3H3,(H,70,92)(H,71,88)(H,72,89)(H,73,90)(H,74,91)/t38-,39+,47?,48+,49+,50?,51-,53+,54+,56-,57-,58-,59-,60-,68?/m0/s1. The van der Waals surface area contributed by atoms with Crippen molar-refractivity contribution in [1.29, 1.82) is 0 Å². The van der Waals surface area contributed by atoms with Crippen LogP contribution in [-0.2, 0) is 35.2 Å². The van der Waals surface area contributed by atoms with Crippen molar-refractivity contribution in [2.75, 3.05) is 70.5 Å². The number of nitrogens with one attached hydrogen (secondary N) is 6. The van der Waals surface area contributed by atoms with Crippen LogP contribution in [0.1, 0.15) is 114 Å². The van der Waals surface area contributed by atoms with Gasteiger partial charge in [0.2, 0.25) is 35.4 Å². The molecule has 1 unspecified atom stereocenters. The van der Waals surface area contributed by atoms with Gasteiger partial charge in [-0.1, -0.05) is 63.4 Å². The molecule has 0 spiro atoms. The number of piperazine rings is 1. The van der Waals surface area contributed by atoms with E-state index in [1.54, 1.807) is 12.1 Å². The summed E-state index contributed by atoms with van der Waals surface area (Å²) in [6, 6.07) is 5.93. The molecule has 13 atom stereocenters. The van der Waals surface area contributed by atoms with Gasteiger partial charge < -0.3 is 96.7 Å². The molecule has 3 aromatic rings. The van der Waals surface area contributed by atoms with Crippen LogP contribution in [0.15, 0.2) is 66.7 Å². The lowest BCUT2D eigenvalue weighted by atomic mass is 9.62. The Balaban J connectivity index is 0.948. The second-order valence-corrected chi connectivity index (χ2v) is 29.1. The van der Waals surface area contributed by atoms with Crippen molar-refractivity contribution in [2.24, 2.45) is 17.3 Å². The number of anilines is 1. The molecule has 6 aliphatic rings. The third-order valence-corrected chi connectivity index (χ3v) is 21.4. The molecule has 4 heterocycles. The maximum atomic E-state index is 15.0. The maximum Gasteiger partial charge on any atom is 0.266 e. The summed E-state index contributed by atoms with van der Waals surface area (Å²) in [5.41, 5.74) is 3.23. The van der Waals surface area contributed by atoms with Crippen LogP contribution in [-0.4, -0.2) is 266 Å². The molecule has 4 saturated heterocycles. The number of carbonyl (C=O) groups is 7. The van der Waals surface area contributed by atoms with Crippen LogP contribution in [0.4, 0.5) is 5.69 Å². The average Bonchev–Trinajstić information content (AvgIpc) is 1.40. The molecule has 2 saturated carbocycles. The predicted molar refractivity (Wildman–Crippen MR) is 362 cm³/mol. The highest BCUT2D eigenvalue weighted by Gasteiger charge is 2.50. The molecule has 7 amide bonds. The summed E-state index contributed by atoms with van der Waals surface area (Å²) in [5.74, 6) is -9.45. The lowest BCUT2D eigenvalue weighted by Gasteiger charge is -2.48. The van der Waals surface area contributed by atoms with Crippen LogP contribution in [0.2, 0.25) is 0 Å². The Hall–Kier alpha value is -6.82. The summed E-state index contributed by atoms with van der Waals surface area (Å²) in [6.45, 7) is 6.00. The number of phenolic OH excluding ortho intramolecular Hbond substituents is 1. The number of aliphatic hydroxyl groups is 8. The Morgan fingerprint density at radius 3 is 1.95 bits per heavy atom. The van der Waals surface area contributed by atoms with Crippen molar-refractivity contribution in [3.8, 4) is 22.6 Å². The Morgan fingerprint density at radius 1 is 0.707 bits per heavy atom. The van der Waals surface area contributed by atoms with E-state index >= 15 is 0 Å². The molecule has 4 aliphatic heterocycles. The zero-order valence-electron chi connectivity index (χ0n) is 56.2. The number of fused-ring (bicyclic) bond motifs is 2. The van der Waals surface area contributed by atoms with Gasteiger partial charge in [0.05, 0.1) is 55.9 Å². The number of rotatable bonds is 19. The first kappa shape index (κ1) is 76.4. The van der Waals surface area contributed by atoms with E-state index in [4.69, 9.17) is 0 Å². The highest BCUT2D eigenvalue weighted by molar-refractivity contribution is 8.15. The molecular weight excluding hydrogens is 1310 g/mol. The van der Waals surface area contributed by atoms with Gasteiger partial charge in [0.15, 0.2) is 11.5 Å². The van der Waals surface area contributed by atoms with Crippen molar-refractivity contribution < 1.29 is 97.4 Å². The lowest BCUT2D eigenvalue weighted by Crippen LogP contribution is -2.64. The van der Waals surface area contributed by atoms with Gasteiger partial charge in [-0.3, -0.25) is 52.1 Å². The third-order valence-electron chi connectivity index (χ3n) is 21.0. The summed E-state index contributed by atoms with van der Waals surface area (Å²) >= 11 is -4.74. The van der Waals surface area contributed by atoms with Gasteiger partial charge in [0, 0.05) is 88.3 Å². The predicted octanol–water partition coefficient (Wildman–Crippen LogP) is -0.491. The van der Waals surface area contributed by atoms with E-state index in [9.17, 15) is 93.2 Å². The number of aliphatic hydroxyl groups excluding tert-OH is 8. The van der Waals surface area contributed by atoms with Crippen LogP contribution < -0.4 is 41.0 Å².